The van der Waals surface area contributed by atoms with Crippen LogP contribution in [0.1, 0.15) is 43.2 Å². The molecule has 0 saturated carbocycles. The van der Waals surface area contributed by atoms with Crippen LogP contribution in [0.5, 0.6) is 0 Å². The molecule has 2 heterocycles. The molecule has 0 aliphatic rings. The fourth-order valence-corrected chi connectivity index (χ4v) is 2.36. The molecule has 98 valence electrons. The first-order valence-corrected chi connectivity index (χ1v) is 6.88. The maximum Gasteiger partial charge on any atom is 0.246 e. The van der Waals surface area contributed by atoms with Crippen molar-refractivity contribution in [1.82, 2.24) is 20.4 Å². The Labute approximate surface area is 111 Å². The Balaban J connectivity index is 2.11. The van der Waals surface area contributed by atoms with Crippen LogP contribution >= 0.6 is 11.3 Å². The Morgan fingerprint density at radius 2 is 2.17 bits per heavy atom. The smallest absolute Gasteiger partial charge is 0.246 e. The fourth-order valence-electron chi connectivity index (χ4n) is 1.75. The molecule has 1 N–H and O–H groups in total. The summed E-state index contributed by atoms with van der Waals surface area (Å²) >= 11 is 1.63. The van der Waals surface area contributed by atoms with E-state index in [4.69, 9.17) is 4.52 Å². The average Bonchev–Trinajstić information content (AvgIpc) is 2.89. The summed E-state index contributed by atoms with van der Waals surface area (Å²) in [7, 11) is 0. The van der Waals surface area contributed by atoms with Crippen molar-refractivity contribution in [2.75, 3.05) is 6.54 Å². The largest absolute Gasteiger partial charge is 0.337 e. The van der Waals surface area contributed by atoms with Crippen molar-refractivity contribution in [3.63, 3.8) is 0 Å². The normalized spacial score (nSPS) is 12.0. The van der Waals surface area contributed by atoms with Crippen molar-refractivity contribution < 1.29 is 4.52 Å². The second-order valence-electron chi connectivity index (χ2n) is 4.71. The molecule has 0 aliphatic heterocycles. The Morgan fingerprint density at radius 3 is 2.78 bits per heavy atom. The van der Waals surface area contributed by atoms with Crippen molar-refractivity contribution in [1.29, 1.82) is 0 Å². The molecule has 2 aromatic rings. The molecular weight excluding hydrogens is 248 g/mol. The summed E-state index contributed by atoms with van der Waals surface area (Å²) in [4.78, 5) is 8.82. The highest BCUT2D eigenvalue weighted by Crippen LogP contribution is 2.18. The first-order valence-electron chi connectivity index (χ1n) is 6.00. The van der Waals surface area contributed by atoms with Crippen LogP contribution in [-0.4, -0.2) is 21.7 Å². The second kappa shape index (κ2) is 5.16. The van der Waals surface area contributed by atoms with Gasteiger partial charge in [0.05, 0.1) is 22.7 Å². The topological polar surface area (TPSA) is 63.8 Å². The lowest BCUT2D eigenvalue weighted by Crippen LogP contribution is -2.36. The van der Waals surface area contributed by atoms with Gasteiger partial charge in [-0.05, 0) is 27.3 Å². The molecule has 6 heteroatoms. The standard InChI is InChI=1S/C12H18N4OS/c1-5-13-12(3,4)11-15-10(16-17-11)6-9-7-18-8(2)14-9/h7,13H,5-6H2,1-4H3. The molecule has 0 aromatic carbocycles. The van der Waals surface area contributed by atoms with Crippen LogP contribution in [0, 0.1) is 6.92 Å². The van der Waals surface area contributed by atoms with Crippen LogP contribution in [0.15, 0.2) is 9.90 Å². The lowest BCUT2D eigenvalue weighted by atomic mass is 10.1. The lowest BCUT2D eigenvalue weighted by Gasteiger charge is -2.20. The van der Waals surface area contributed by atoms with Gasteiger partial charge in [-0.15, -0.1) is 11.3 Å². The zero-order valence-electron chi connectivity index (χ0n) is 11.1. The Bertz CT molecular complexity index is 518. The van der Waals surface area contributed by atoms with Crippen LogP contribution in [0.3, 0.4) is 0 Å². The molecule has 0 aliphatic carbocycles. The van der Waals surface area contributed by atoms with Crippen molar-refractivity contribution in [2.45, 2.75) is 39.7 Å². The zero-order valence-corrected chi connectivity index (χ0v) is 12.0. The van der Waals surface area contributed by atoms with E-state index in [0.717, 1.165) is 17.2 Å². The van der Waals surface area contributed by atoms with Gasteiger partial charge in [-0.1, -0.05) is 12.1 Å². The summed E-state index contributed by atoms with van der Waals surface area (Å²) in [6, 6.07) is 0. The van der Waals surface area contributed by atoms with Crippen LogP contribution in [0.4, 0.5) is 0 Å². The second-order valence-corrected chi connectivity index (χ2v) is 5.77. The van der Waals surface area contributed by atoms with Gasteiger partial charge in [0.25, 0.3) is 0 Å². The number of hydrogen-bond donors (Lipinski definition) is 1. The highest BCUT2D eigenvalue weighted by Gasteiger charge is 2.26. The third-order valence-electron chi connectivity index (χ3n) is 2.63. The highest BCUT2D eigenvalue weighted by atomic mass is 32.1. The first kappa shape index (κ1) is 13.2. The average molecular weight is 266 g/mol. The van der Waals surface area contributed by atoms with Crippen molar-refractivity contribution >= 4 is 11.3 Å². The molecule has 0 fully saturated rings. The molecule has 18 heavy (non-hydrogen) atoms. The maximum absolute atomic E-state index is 5.31. The summed E-state index contributed by atoms with van der Waals surface area (Å²) < 4.78 is 5.31. The van der Waals surface area contributed by atoms with E-state index in [9.17, 15) is 0 Å². The molecule has 0 spiro atoms. The van der Waals surface area contributed by atoms with Gasteiger partial charge in [-0.2, -0.15) is 4.98 Å². The summed E-state index contributed by atoms with van der Waals surface area (Å²) in [6.07, 6.45) is 0.621. The number of rotatable bonds is 5. The van der Waals surface area contributed by atoms with Gasteiger partial charge >= 0.3 is 0 Å². The monoisotopic (exact) mass is 266 g/mol. The minimum absolute atomic E-state index is 0.294. The first-order chi connectivity index (χ1) is 8.51. The minimum Gasteiger partial charge on any atom is -0.337 e. The molecule has 2 aromatic heterocycles. The van der Waals surface area contributed by atoms with Gasteiger partial charge < -0.3 is 9.84 Å². The van der Waals surface area contributed by atoms with Crippen molar-refractivity contribution in [3.8, 4) is 0 Å². The third-order valence-corrected chi connectivity index (χ3v) is 3.45. The number of nitrogens with zero attached hydrogens (tertiary/aromatic N) is 3. The van der Waals surface area contributed by atoms with E-state index in [2.05, 4.69) is 27.4 Å². The molecule has 0 unspecified atom stereocenters. The van der Waals surface area contributed by atoms with Crippen molar-refractivity contribution in [3.05, 3.63) is 27.8 Å². The zero-order chi connectivity index (χ0) is 13.2. The molecule has 0 bridgehead atoms. The van der Waals surface area contributed by atoms with Gasteiger partial charge in [0, 0.05) is 5.38 Å². The Kier molecular flexibility index (Phi) is 3.77. The number of aryl methyl sites for hydroxylation is 1. The van der Waals surface area contributed by atoms with Crippen LogP contribution < -0.4 is 5.32 Å². The number of aromatic nitrogens is 3. The van der Waals surface area contributed by atoms with Crippen LogP contribution in [0.2, 0.25) is 0 Å². The predicted molar refractivity (Wildman–Crippen MR) is 70.7 cm³/mol. The van der Waals surface area contributed by atoms with E-state index in [0.29, 0.717) is 18.1 Å². The number of thiazole rings is 1. The van der Waals surface area contributed by atoms with Gasteiger partial charge in [0.2, 0.25) is 5.89 Å². The van der Waals surface area contributed by atoms with Gasteiger partial charge in [0.15, 0.2) is 5.82 Å². The van der Waals surface area contributed by atoms with E-state index < -0.39 is 0 Å². The quantitative estimate of drug-likeness (QED) is 0.899. The molecule has 5 nitrogen and oxygen atoms in total. The van der Waals surface area contributed by atoms with E-state index in [1.165, 1.54) is 0 Å². The summed E-state index contributed by atoms with van der Waals surface area (Å²) in [5.41, 5.74) is 0.698. The Morgan fingerprint density at radius 1 is 1.39 bits per heavy atom. The number of nitrogens with one attached hydrogen (secondary N) is 1. The predicted octanol–water partition coefficient (Wildman–Crippen LogP) is 2.27. The van der Waals surface area contributed by atoms with E-state index >= 15 is 0 Å². The lowest BCUT2D eigenvalue weighted by molar-refractivity contribution is 0.271. The Hall–Kier alpha value is -1.27. The molecule has 0 radical (unpaired) electrons. The molecule has 0 amide bonds. The van der Waals surface area contributed by atoms with E-state index in [-0.39, 0.29) is 5.54 Å². The van der Waals surface area contributed by atoms with Crippen LogP contribution in [-0.2, 0) is 12.0 Å². The minimum atomic E-state index is -0.294. The van der Waals surface area contributed by atoms with Gasteiger partial charge in [0.1, 0.15) is 0 Å². The van der Waals surface area contributed by atoms with Gasteiger partial charge in [-0.25, -0.2) is 4.98 Å². The van der Waals surface area contributed by atoms with E-state index in [1.54, 1.807) is 11.3 Å². The van der Waals surface area contributed by atoms with Gasteiger partial charge in [-0.3, -0.25) is 0 Å². The van der Waals surface area contributed by atoms with E-state index in [1.807, 2.05) is 26.2 Å². The molecule has 0 saturated heterocycles. The fraction of sp³-hybridized carbons (Fsp3) is 0.583. The summed E-state index contributed by atoms with van der Waals surface area (Å²) in [5.74, 6) is 1.30. The molecular formula is C12H18N4OS. The molecule has 2 rings (SSSR count). The summed E-state index contributed by atoms with van der Waals surface area (Å²) in [6.45, 7) is 8.96. The summed E-state index contributed by atoms with van der Waals surface area (Å²) in [5, 5.41) is 10.4. The maximum atomic E-state index is 5.31. The molecule has 0 atom stereocenters. The van der Waals surface area contributed by atoms with Crippen LogP contribution in [0.25, 0.3) is 0 Å². The third kappa shape index (κ3) is 2.94. The number of hydrogen-bond acceptors (Lipinski definition) is 6. The van der Waals surface area contributed by atoms with Crippen molar-refractivity contribution in [2.24, 2.45) is 0 Å². The highest BCUT2D eigenvalue weighted by molar-refractivity contribution is 7.09. The SMILES string of the molecule is CCNC(C)(C)c1nc(Cc2csc(C)n2)no1.